The number of likely N-dealkylation sites (N-methyl/N-ethyl adjacent to an activating group) is 1. The first kappa shape index (κ1) is 17.4. The second-order valence-corrected chi connectivity index (χ2v) is 5.83. The summed E-state index contributed by atoms with van der Waals surface area (Å²) in [5.41, 5.74) is 3.79. The molecule has 0 bridgehead atoms. The van der Waals surface area contributed by atoms with Crippen LogP contribution < -0.4 is 11.3 Å². The van der Waals surface area contributed by atoms with Gasteiger partial charge in [-0.2, -0.15) is 5.10 Å². The van der Waals surface area contributed by atoms with Crippen LogP contribution in [0.15, 0.2) is 6.20 Å². The smallest absolute Gasteiger partial charge is 0.0834 e. The van der Waals surface area contributed by atoms with E-state index in [1.165, 1.54) is 0 Å². The van der Waals surface area contributed by atoms with Crippen molar-refractivity contribution in [1.29, 1.82) is 0 Å². The Kier molecular flexibility index (Phi) is 7.47. The predicted octanol–water partition coefficient (Wildman–Crippen LogP) is 1.28. The summed E-state index contributed by atoms with van der Waals surface area (Å²) in [7, 11) is 5.77. The average Bonchev–Trinajstić information content (AvgIpc) is 2.75. The highest BCUT2D eigenvalue weighted by Crippen LogP contribution is 2.27. The lowest BCUT2D eigenvalue weighted by Gasteiger charge is -2.22. The number of hydrogen-bond acceptors (Lipinski definition) is 5. The zero-order valence-electron chi connectivity index (χ0n) is 12.8. The Morgan fingerprint density at radius 3 is 2.80 bits per heavy atom. The summed E-state index contributed by atoms with van der Waals surface area (Å²) >= 11 is 6.27. The van der Waals surface area contributed by atoms with Crippen LogP contribution in [0.4, 0.5) is 0 Å². The Morgan fingerprint density at radius 2 is 2.25 bits per heavy atom. The molecule has 3 N–H and O–H groups in total. The number of nitrogens with one attached hydrogen (secondary N) is 1. The molecule has 0 radical (unpaired) electrons. The van der Waals surface area contributed by atoms with Crippen molar-refractivity contribution in [3.8, 4) is 0 Å². The third kappa shape index (κ3) is 5.03. The van der Waals surface area contributed by atoms with Gasteiger partial charge in [0, 0.05) is 20.3 Å². The first-order valence-electron chi connectivity index (χ1n) is 6.80. The second kappa shape index (κ2) is 8.59. The number of methoxy groups -OCH3 is 1. The molecular weight excluding hydrogens is 278 g/mol. The van der Waals surface area contributed by atoms with Gasteiger partial charge in [0.1, 0.15) is 0 Å². The van der Waals surface area contributed by atoms with Gasteiger partial charge in [0.05, 0.1) is 29.5 Å². The maximum atomic E-state index is 6.27. The lowest BCUT2D eigenvalue weighted by Crippen LogP contribution is -2.32. The third-order valence-corrected chi connectivity index (χ3v) is 3.50. The largest absolute Gasteiger partial charge is 0.384 e. The van der Waals surface area contributed by atoms with Crippen LogP contribution >= 0.6 is 11.6 Å². The van der Waals surface area contributed by atoms with E-state index >= 15 is 0 Å². The van der Waals surface area contributed by atoms with E-state index in [1.807, 2.05) is 18.8 Å². The van der Waals surface area contributed by atoms with Crippen molar-refractivity contribution < 1.29 is 4.74 Å². The van der Waals surface area contributed by atoms with Crippen molar-refractivity contribution in [2.75, 3.05) is 34.4 Å². The normalized spacial score (nSPS) is 14.8. The quantitative estimate of drug-likeness (QED) is 0.531. The minimum Gasteiger partial charge on any atom is -0.384 e. The average molecular weight is 304 g/mol. The summed E-state index contributed by atoms with van der Waals surface area (Å²) in [4.78, 5) is 2.11. The highest BCUT2D eigenvalue weighted by molar-refractivity contribution is 6.31. The highest BCUT2D eigenvalue weighted by atomic mass is 35.5. The lowest BCUT2D eigenvalue weighted by molar-refractivity contribution is 0.148. The van der Waals surface area contributed by atoms with E-state index < -0.39 is 0 Å². The fraction of sp³-hybridized carbons (Fsp3) is 0.769. The van der Waals surface area contributed by atoms with Gasteiger partial charge in [0.25, 0.3) is 0 Å². The van der Waals surface area contributed by atoms with E-state index in [2.05, 4.69) is 22.3 Å². The van der Waals surface area contributed by atoms with E-state index in [-0.39, 0.29) is 6.04 Å². The molecule has 1 rings (SSSR count). The molecule has 1 aromatic rings. The van der Waals surface area contributed by atoms with E-state index in [0.29, 0.717) is 17.5 Å². The molecule has 0 aliphatic carbocycles. The first-order chi connectivity index (χ1) is 9.49. The molecule has 0 spiro atoms. The number of hydrogen-bond donors (Lipinski definition) is 2. The van der Waals surface area contributed by atoms with Gasteiger partial charge in [-0.25, -0.2) is 0 Å². The second-order valence-electron chi connectivity index (χ2n) is 5.42. The van der Waals surface area contributed by atoms with Crippen molar-refractivity contribution in [2.24, 2.45) is 11.8 Å². The molecular formula is C13H26ClN5O. The van der Waals surface area contributed by atoms with Crippen LogP contribution in [0, 0.1) is 5.92 Å². The molecule has 0 fully saturated rings. The Hall–Kier alpha value is -0.660. The molecule has 2 unspecified atom stereocenters. The lowest BCUT2D eigenvalue weighted by atomic mass is 10.0. The van der Waals surface area contributed by atoms with Crippen LogP contribution in [-0.2, 0) is 11.3 Å². The molecule has 1 heterocycles. The Bertz CT molecular complexity index is 396. The fourth-order valence-electron chi connectivity index (χ4n) is 2.20. The van der Waals surface area contributed by atoms with E-state index in [9.17, 15) is 0 Å². The fourth-order valence-corrected chi connectivity index (χ4v) is 2.48. The van der Waals surface area contributed by atoms with Gasteiger partial charge in [0.15, 0.2) is 0 Å². The van der Waals surface area contributed by atoms with Crippen LogP contribution in [0.1, 0.15) is 25.1 Å². The SMILES string of the molecule is COCC(C)CC(NN)c1c(Cl)cnn1CCN(C)C. The number of rotatable bonds is 9. The van der Waals surface area contributed by atoms with Gasteiger partial charge in [-0.05, 0) is 26.4 Å². The molecule has 1 aromatic heterocycles. The Morgan fingerprint density at radius 1 is 1.55 bits per heavy atom. The van der Waals surface area contributed by atoms with Crippen molar-refractivity contribution in [1.82, 2.24) is 20.1 Å². The van der Waals surface area contributed by atoms with Gasteiger partial charge < -0.3 is 9.64 Å². The van der Waals surface area contributed by atoms with Crippen LogP contribution in [0.25, 0.3) is 0 Å². The summed E-state index contributed by atoms with van der Waals surface area (Å²) in [6.07, 6.45) is 2.52. The zero-order valence-corrected chi connectivity index (χ0v) is 13.5. The minimum atomic E-state index is -0.0303. The predicted molar refractivity (Wildman–Crippen MR) is 81.5 cm³/mol. The maximum absolute atomic E-state index is 6.27. The monoisotopic (exact) mass is 303 g/mol. The summed E-state index contributed by atoms with van der Waals surface area (Å²) in [5.74, 6) is 6.08. The molecule has 0 aliphatic rings. The van der Waals surface area contributed by atoms with E-state index in [0.717, 1.165) is 25.2 Å². The molecule has 0 amide bonds. The molecule has 2 atom stereocenters. The maximum Gasteiger partial charge on any atom is 0.0834 e. The molecule has 7 heteroatoms. The summed E-state index contributed by atoms with van der Waals surface area (Å²) in [6, 6.07) is -0.0303. The van der Waals surface area contributed by atoms with Gasteiger partial charge in [-0.1, -0.05) is 18.5 Å². The first-order valence-corrected chi connectivity index (χ1v) is 7.18. The molecule has 116 valence electrons. The number of nitrogens with two attached hydrogens (primary N) is 1. The standard InChI is InChI=1S/C13H26ClN5O/c1-10(9-20-4)7-12(17-15)13-11(14)8-16-19(13)6-5-18(2)3/h8,10,12,17H,5-7,9,15H2,1-4H3. The Balaban J connectivity index is 2.82. The van der Waals surface area contributed by atoms with Crippen LogP contribution in [0.2, 0.25) is 5.02 Å². The number of aromatic nitrogens is 2. The molecule has 6 nitrogen and oxygen atoms in total. The van der Waals surface area contributed by atoms with Crippen molar-refractivity contribution >= 4 is 11.6 Å². The summed E-state index contributed by atoms with van der Waals surface area (Å²) < 4.78 is 7.10. The third-order valence-electron chi connectivity index (χ3n) is 3.21. The molecule has 0 aromatic carbocycles. The highest BCUT2D eigenvalue weighted by Gasteiger charge is 2.21. The number of nitrogens with zero attached hydrogens (tertiary/aromatic N) is 3. The van der Waals surface area contributed by atoms with Gasteiger partial charge in [0.2, 0.25) is 0 Å². The van der Waals surface area contributed by atoms with Crippen LogP contribution in [0.5, 0.6) is 0 Å². The van der Waals surface area contributed by atoms with E-state index in [1.54, 1.807) is 13.3 Å². The summed E-state index contributed by atoms with van der Waals surface area (Å²) in [6.45, 7) is 4.51. The van der Waals surface area contributed by atoms with E-state index in [4.69, 9.17) is 22.2 Å². The van der Waals surface area contributed by atoms with Crippen molar-refractivity contribution in [2.45, 2.75) is 25.9 Å². The molecule has 20 heavy (non-hydrogen) atoms. The number of hydrazine groups is 1. The molecule has 0 aliphatic heterocycles. The van der Waals surface area contributed by atoms with Gasteiger partial charge in [-0.3, -0.25) is 16.0 Å². The number of ether oxygens (including phenoxy) is 1. The van der Waals surface area contributed by atoms with Gasteiger partial charge >= 0.3 is 0 Å². The number of halogens is 1. The topological polar surface area (TPSA) is 68.3 Å². The summed E-state index contributed by atoms with van der Waals surface area (Å²) in [5, 5.41) is 4.99. The van der Waals surface area contributed by atoms with Crippen LogP contribution in [0.3, 0.4) is 0 Å². The zero-order chi connectivity index (χ0) is 15.1. The Labute approximate surface area is 126 Å². The minimum absolute atomic E-state index is 0.0303. The van der Waals surface area contributed by atoms with Crippen molar-refractivity contribution in [3.63, 3.8) is 0 Å². The van der Waals surface area contributed by atoms with Crippen LogP contribution in [-0.4, -0.2) is 49.0 Å². The molecule has 0 saturated heterocycles. The van der Waals surface area contributed by atoms with Crippen molar-refractivity contribution in [3.05, 3.63) is 16.9 Å². The molecule has 0 saturated carbocycles. The van der Waals surface area contributed by atoms with Gasteiger partial charge in [-0.15, -0.1) is 0 Å².